The molecule has 0 aliphatic carbocycles. The molecule has 0 heterocycles. The third-order valence-electron chi connectivity index (χ3n) is 4.89. The summed E-state index contributed by atoms with van der Waals surface area (Å²) in [4.78, 5) is 13.2. The molecule has 0 unspecified atom stereocenters. The molecule has 0 spiro atoms. The number of carbonyl (C=O) groups excluding carboxylic acids is 1. The predicted octanol–water partition coefficient (Wildman–Crippen LogP) is 4.46. The normalized spacial score (nSPS) is 10.8. The van der Waals surface area contributed by atoms with E-state index in [0.29, 0.717) is 23.3 Å². The average molecular weight is 394 g/mol. The Kier molecular flexibility index (Phi) is 5.95. The van der Waals surface area contributed by atoms with Crippen LogP contribution in [0.5, 0.6) is 11.5 Å². The molecule has 0 fully saturated rings. The van der Waals surface area contributed by atoms with Crippen molar-refractivity contribution in [3.63, 3.8) is 0 Å². The Bertz CT molecular complexity index is 1060. The molecule has 0 saturated heterocycles. The SMILES string of the molecule is CCc1cc(C(=O)NCC(=S)Cc2ccc(C)c3ccccc23)c(O)cc1O. The lowest BCUT2D eigenvalue weighted by Crippen LogP contribution is -2.29. The van der Waals surface area contributed by atoms with Crippen molar-refractivity contribution in [2.75, 3.05) is 6.54 Å². The van der Waals surface area contributed by atoms with Crippen molar-refractivity contribution in [3.05, 3.63) is 70.8 Å². The van der Waals surface area contributed by atoms with Gasteiger partial charge in [0.05, 0.1) is 5.56 Å². The van der Waals surface area contributed by atoms with Gasteiger partial charge in [0, 0.05) is 23.9 Å². The lowest BCUT2D eigenvalue weighted by atomic mass is 9.97. The number of rotatable bonds is 6. The van der Waals surface area contributed by atoms with Crippen LogP contribution in [0.1, 0.15) is 34.0 Å². The maximum atomic E-state index is 12.4. The summed E-state index contributed by atoms with van der Waals surface area (Å²) in [6.45, 7) is 4.19. The fourth-order valence-electron chi connectivity index (χ4n) is 3.30. The van der Waals surface area contributed by atoms with Gasteiger partial charge >= 0.3 is 0 Å². The molecule has 1 amide bonds. The van der Waals surface area contributed by atoms with Gasteiger partial charge in [-0.15, -0.1) is 0 Å². The number of phenols is 2. The third-order valence-corrected chi connectivity index (χ3v) is 5.18. The second-order valence-electron chi connectivity index (χ2n) is 6.84. The summed E-state index contributed by atoms with van der Waals surface area (Å²) in [6, 6.07) is 15.1. The van der Waals surface area contributed by atoms with Crippen LogP contribution in [0.3, 0.4) is 0 Å². The van der Waals surface area contributed by atoms with Gasteiger partial charge in [0.15, 0.2) is 0 Å². The van der Waals surface area contributed by atoms with Crippen LogP contribution in [0, 0.1) is 6.92 Å². The zero-order valence-corrected chi connectivity index (χ0v) is 16.8. The van der Waals surface area contributed by atoms with Crippen LogP contribution < -0.4 is 5.32 Å². The van der Waals surface area contributed by atoms with Gasteiger partial charge in [-0.2, -0.15) is 0 Å². The molecular formula is C23H23NO3S. The first-order valence-electron chi connectivity index (χ1n) is 9.22. The number of thiocarbonyl (C=S) groups is 1. The number of carbonyl (C=O) groups is 1. The number of benzene rings is 3. The van der Waals surface area contributed by atoms with Crippen molar-refractivity contribution in [2.45, 2.75) is 26.7 Å². The van der Waals surface area contributed by atoms with Crippen LogP contribution >= 0.6 is 12.2 Å². The molecule has 0 radical (unpaired) electrons. The molecule has 0 saturated carbocycles. The highest BCUT2D eigenvalue weighted by molar-refractivity contribution is 7.80. The minimum absolute atomic E-state index is 0.0154. The van der Waals surface area contributed by atoms with E-state index in [9.17, 15) is 15.0 Å². The first kappa shape index (κ1) is 19.8. The molecule has 0 aliphatic rings. The highest BCUT2D eigenvalue weighted by Gasteiger charge is 2.15. The van der Waals surface area contributed by atoms with Gasteiger partial charge in [-0.1, -0.05) is 55.5 Å². The van der Waals surface area contributed by atoms with E-state index in [1.807, 2.05) is 19.1 Å². The molecule has 5 heteroatoms. The van der Waals surface area contributed by atoms with Crippen molar-refractivity contribution < 1.29 is 15.0 Å². The molecule has 3 rings (SSSR count). The first-order chi connectivity index (χ1) is 13.4. The number of hydrogen-bond acceptors (Lipinski definition) is 4. The molecule has 0 atom stereocenters. The maximum Gasteiger partial charge on any atom is 0.255 e. The van der Waals surface area contributed by atoms with E-state index in [4.69, 9.17) is 12.2 Å². The third kappa shape index (κ3) is 4.15. The van der Waals surface area contributed by atoms with Crippen LogP contribution in [0.25, 0.3) is 10.8 Å². The molecule has 0 bridgehead atoms. The van der Waals surface area contributed by atoms with Crippen LogP contribution in [0.15, 0.2) is 48.5 Å². The second kappa shape index (κ2) is 8.40. The molecule has 3 aromatic rings. The summed E-state index contributed by atoms with van der Waals surface area (Å²) in [5.41, 5.74) is 3.09. The van der Waals surface area contributed by atoms with Crippen LogP contribution in [0.2, 0.25) is 0 Å². The first-order valence-corrected chi connectivity index (χ1v) is 9.63. The zero-order chi connectivity index (χ0) is 20.3. The molecular weight excluding hydrogens is 370 g/mol. The van der Waals surface area contributed by atoms with E-state index < -0.39 is 5.91 Å². The predicted molar refractivity (Wildman–Crippen MR) is 116 cm³/mol. The topological polar surface area (TPSA) is 69.6 Å². The van der Waals surface area contributed by atoms with Gasteiger partial charge in [0.1, 0.15) is 11.5 Å². The smallest absolute Gasteiger partial charge is 0.255 e. The molecule has 3 aromatic carbocycles. The molecule has 4 nitrogen and oxygen atoms in total. The summed E-state index contributed by atoms with van der Waals surface area (Å²) in [7, 11) is 0. The maximum absolute atomic E-state index is 12.4. The minimum Gasteiger partial charge on any atom is -0.508 e. The van der Waals surface area contributed by atoms with Gasteiger partial charge in [0.25, 0.3) is 5.91 Å². The zero-order valence-electron chi connectivity index (χ0n) is 16.0. The lowest BCUT2D eigenvalue weighted by molar-refractivity contribution is 0.0956. The Morgan fingerprint density at radius 2 is 1.71 bits per heavy atom. The van der Waals surface area contributed by atoms with Gasteiger partial charge in [-0.05, 0) is 46.9 Å². The van der Waals surface area contributed by atoms with E-state index in [1.54, 1.807) is 0 Å². The quantitative estimate of drug-likeness (QED) is 0.541. The number of aryl methyl sites for hydroxylation is 2. The minimum atomic E-state index is -0.414. The number of fused-ring (bicyclic) bond motifs is 1. The van der Waals surface area contributed by atoms with Gasteiger partial charge < -0.3 is 15.5 Å². The largest absolute Gasteiger partial charge is 0.508 e. The Labute approximate surface area is 169 Å². The Morgan fingerprint density at radius 3 is 2.43 bits per heavy atom. The summed E-state index contributed by atoms with van der Waals surface area (Å²) in [5, 5.41) is 24.9. The Hall–Kier alpha value is -2.92. The summed E-state index contributed by atoms with van der Waals surface area (Å²) >= 11 is 5.49. The monoisotopic (exact) mass is 393 g/mol. The van der Waals surface area contributed by atoms with Crippen LogP contribution in [0.4, 0.5) is 0 Å². The van der Waals surface area contributed by atoms with E-state index >= 15 is 0 Å². The Morgan fingerprint density at radius 1 is 1.00 bits per heavy atom. The Balaban J connectivity index is 1.70. The van der Waals surface area contributed by atoms with E-state index in [2.05, 4.69) is 36.5 Å². The summed E-state index contributed by atoms with van der Waals surface area (Å²) in [6.07, 6.45) is 1.14. The second-order valence-corrected chi connectivity index (χ2v) is 7.41. The van der Waals surface area contributed by atoms with Crippen molar-refractivity contribution in [1.82, 2.24) is 5.32 Å². The summed E-state index contributed by atoms with van der Waals surface area (Å²) in [5.74, 6) is -0.677. The molecule has 144 valence electrons. The van der Waals surface area contributed by atoms with Crippen LogP contribution in [-0.4, -0.2) is 27.5 Å². The number of nitrogens with one attached hydrogen (secondary N) is 1. The van der Waals surface area contributed by atoms with Crippen molar-refractivity contribution in [2.24, 2.45) is 0 Å². The number of phenolic OH excluding ortho intramolecular Hbond substituents is 2. The molecule has 28 heavy (non-hydrogen) atoms. The standard InChI is InChI=1S/C23H23NO3S/c1-3-15-11-20(22(26)12-21(15)25)23(27)24-13-17(28)10-16-9-8-14(2)18-6-4-5-7-19(16)18/h4-9,11-12,25-26H,3,10,13H2,1-2H3,(H,24,27). The number of hydrogen-bond donors (Lipinski definition) is 3. The van der Waals surface area contributed by atoms with E-state index in [1.165, 1.54) is 28.5 Å². The molecule has 0 aromatic heterocycles. The van der Waals surface area contributed by atoms with Crippen molar-refractivity contribution >= 4 is 33.8 Å². The van der Waals surface area contributed by atoms with Crippen molar-refractivity contribution in [3.8, 4) is 11.5 Å². The molecule has 0 aliphatic heterocycles. The van der Waals surface area contributed by atoms with Gasteiger partial charge in [0.2, 0.25) is 0 Å². The van der Waals surface area contributed by atoms with Crippen molar-refractivity contribution in [1.29, 1.82) is 0 Å². The summed E-state index contributed by atoms with van der Waals surface area (Å²) < 4.78 is 0. The lowest BCUT2D eigenvalue weighted by Gasteiger charge is -2.12. The fourth-order valence-corrected chi connectivity index (χ4v) is 3.53. The van der Waals surface area contributed by atoms with E-state index in [0.717, 1.165) is 5.56 Å². The number of aromatic hydroxyl groups is 2. The van der Waals surface area contributed by atoms with E-state index in [-0.39, 0.29) is 23.6 Å². The highest BCUT2D eigenvalue weighted by Crippen LogP contribution is 2.28. The molecule has 3 N–H and O–H groups in total. The van der Waals surface area contributed by atoms with Crippen LogP contribution in [-0.2, 0) is 12.8 Å². The number of amides is 1. The average Bonchev–Trinajstić information content (AvgIpc) is 2.68. The van der Waals surface area contributed by atoms with Gasteiger partial charge in [-0.25, -0.2) is 0 Å². The van der Waals surface area contributed by atoms with Gasteiger partial charge in [-0.3, -0.25) is 4.79 Å². The highest BCUT2D eigenvalue weighted by atomic mass is 32.1. The fraction of sp³-hybridized carbons (Fsp3) is 0.217.